The van der Waals surface area contributed by atoms with Crippen molar-refractivity contribution in [2.24, 2.45) is 16.8 Å². The van der Waals surface area contributed by atoms with Gasteiger partial charge in [0.05, 0.1) is 0 Å². The standard InChI is InChI=1S/C18H19N5O.2ClH/c24-17-15(8-12-9-20-16-13(12)2-1-5-19-16)22-18(23-17)21-14-7-10-3-4-11(14)6-10;;/h1-2,5,8-11,14,24H,3-4,6-7H2,(H2,21,22,23);2*1H/t10-,11-,14+;;/m0../s1. The number of nitrogens with one attached hydrogen (secondary N) is 2. The first kappa shape index (κ1) is 18.7. The first-order chi connectivity index (χ1) is 11.8. The Labute approximate surface area is 164 Å². The average molecular weight is 394 g/mol. The summed E-state index contributed by atoms with van der Waals surface area (Å²) in [4.78, 5) is 16.0. The number of aromatic hydroxyl groups is 1. The van der Waals surface area contributed by atoms with Gasteiger partial charge in [0.15, 0.2) is 5.82 Å². The Hall–Kier alpha value is -2.05. The number of imidazole rings is 1. The van der Waals surface area contributed by atoms with Crippen LogP contribution in [0.4, 0.5) is 11.8 Å². The normalized spacial score (nSPS) is 26.5. The predicted octanol–water partition coefficient (Wildman–Crippen LogP) is 4.21. The van der Waals surface area contributed by atoms with Crippen LogP contribution in [0, 0.1) is 11.8 Å². The van der Waals surface area contributed by atoms with Gasteiger partial charge in [-0.1, -0.05) is 6.42 Å². The Morgan fingerprint density at radius 2 is 2.12 bits per heavy atom. The highest BCUT2D eigenvalue weighted by Gasteiger charge is 2.39. The van der Waals surface area contributed by atoms with Crippen LogP contribution in [-0.2, 0) is 0 Å². The molecular weight excluding hydrogens is 373 g/mol. The second-order valence-electron chi connectivity index (χ2n) is 6.98. The maximum atomic E-state index is 10.2. The van der Waals surface area contributed by atoms with Gasteiger partial charge >= 0.3 is 0 Å². The van der Waals surface area contributed by atoms with Crippen molar-refractivity contribution >= 4 is 54.4 Å². The zero-order valence-corrected chi connectivity index (χ0v) is 15.7. The molecule has 3 N–H and O–H groups in total. The molecule has 2 aromatic heterocycles. The predicted molar refractivity (Wildman–Crippen MR) is 108 cm³/mol. The number of anilines is 1. The molecule has 3 atom stereocenters. The summed E-state index contributed by atoms with van der Waals surface area (Å²) in [6, 6.07) is 4.34. The Kier molecular flexibility index (Phi) is 5.25. The van der Waals surface area contributed by atoms with Crippen molar-refractivity contribution in [1.29, 1.82) is 0 Å². The summed E-state index contributed by atoms with van der Waals surface area (Å²) in [6.45, 7) is 0. The molecule has 0 radical (unpaired) electrons. The summed E-state index contributed by atoms with van der Waals surface area (Å²) in [6.07, 6.45) is 10.6. The van der Waals surface area contributed by atoms with Crippen LogP contribution >= 0.6 is 24.8 Å². The van der Waals surface area contributed by atoms with Gasteiger partial charge in [-0.15, -0.1) is 24.8 Å². The van der Waals surface area contributed by atoms with Crippen molar-refractivity contribution < 1.29 is 5.11 Å². The number of hydrogen-bond acceptors (Lipinski definition) is 5. The molecule has 0 unspecified atom stereocenters. The van der Waals surface area contributed by atoms with Crippen LogP contribution in [0.2, 0.25) is 0 Å². The van der Waals surface area contributed by atoms with E-state index in [0.717, 1.165) is 23.0 Å². The third kappa shape index (κ3) is 3.19. The molecular formula is C18H21Cl2N5O. The number of allylic oxidation sites excluding steroid dienone is 1. The first-order valence-electron chi connectivity index (χ1n) is 8.53. The van der Waals surface area contributed by atoms with Crippen molar-refractivity contribution in [1.82, 2.24) is 15.0 Å². The van der Waals surface area contributed by atoms with Crippen LogP contribution < -0.4 is 5.32 Å². The number of nitrogens with zero attached hydrogens (tertiary/aromatic N) is 3. The topological polar surface area (TPSA) is 86.2 Å². The third-order valence-electron chi connectivity index (χ3n) is 5.50. The van der Waals surface area contributed by atoms with E-state index >= 15 is 0 Å². The van der Waals surface area contributed by atoms with Gasteiger partial charge in [-0.05, 0) is 49.3 Å². The van der Waals surface area contributed by atoms with E-state index in [1.807, 2.05) is 18.2 Å². The number of hydrogen-bond donors (Lipinski definition) is 3. The molecule has 2 bridgehead atoms. The highest BCUT2D eigenvalue weighted by molar-refractivity contribution is 6.20. The lowest BCUT2D eigenvalue weighted by molar-refractivity contribution is 0.436. The van der Waals surface area contributed by atoms with E-state index in [9.17, 15) is 5.11 Å². The van der Waals surface area contributed by atoms with E-state index in [4.69, 9.17) is 0 Å². The fraction of sp³-hybridized carbons (Fsp3) is 0.389. The highest BCUT2D eigenvalue weighted by atomic mass is 35.5. The molecule has 1 aliphatic heterocycles. The van der Waals surface area contributed by atoms with Crippen molar-refractivity contribution in [3.8, 4) is 5.88 Å². The molecule has 138 valence electrons. The lowest BCUT2D eigenvalue weighted by Gasteiger charge is -2.22. The third-order valence-corrected chi connectivity index (χ3v) is 5.50. The molecule has 2 aromatic rings. The molecule has 0 aromatic carbocycles. The Bertz CT molecular complexity index is 863. The molecule has 26 heavy (non-hydrogen) atoms. The Morgan fingerprint density at radius 3 is 2.88 bits per heavy atom. The van der Waals surface area contributed by atoms with Gasteiger partial charge in [0.2, 0.25) is 11.8 Å². The van der Waals surface area contributed by atoms with Crippen molar-refractivity contribution in [2.45, 2.75) is 31.7 Å². The van der Waals surface area contributed by atoms with Crippen LogP contribution in [0.15, 0.2) is 23.3 Å². The van der Waals surface area contributed by atoms with Crippen LogP contribution in [0.25, 0.3) is 11.6 Å². The molecule has 3 heterocycles. The lowest BCUT2D eigenvalue weighted by atomic mass is 9.95. The molecule has 3 aliphatic rings. The van der Waals surface area contributed by atoms with Crippen LogP contribution in [0.1, 0.15) is 36.9 Å². The Morgan fingerprint density at radius 1 is 1.23 bits per heavy atom. The smallest absolute Gasteiger partial charge is 0.238 e. The molecule has 2 fully saturated rings. The quantitative estimate of drug-likeness (QED) is 0.728. The highest BCUT2D eigenvalue weighted by Crippen LogP contribution is 2.45. The fourth-order valence-electron chi connectivity index (χ4n) is 4.34. The SMILES string of the molecule is Cl.Cl.Oc1nc(N[C@@H]2C[C@H]3CC[C@H]2C3)[nH]c1C=C1C=Nc2ncccc21. The van der Waals surface area contributed by atoms with E-state index in [-0.39, 0.29) is 30.7 Å². The minimum atomic E-state index is 0. The van der Waals surface area contributed by atoms with Crippen molar-refractivity contribution in [2.75, 3.05) is 5.32 Å². The van der Waals surface area contributed by atoms with E-state index in [0.29, 0.717) is 23.5 Å². The summed E-state index contributed by atoms with van der Waals surface area (Å²) >= 11 is 0. The van der Waals surface area contributed by atoms with Gasteiger partial charge in [-0.2, -0.15) is 4.98 Å². The van der Waals surface area contributed by atoms with Gasteiger partial charge in [0.1, 0.15) is 5.69 Å². The van der Waals surface area contributed by atoms with E-state index < -0.39 is 0 Å². The summed E-state index contributed by atoms with van der Waals surface area (Å²) in [5.41, 5.74) is 2.48. The van der Waals surface area contributed by atoms with Gasteiger partial charge in [-0.25, -0.2) is 9.98 Å². The van der Waals surface area contributed by atoms with E-state index in [2.05, 4.69) is 25.3 Å². The lowest BCUT2D eigenvalue weighted by Crippen LogP contribution is -2.26. The maximum Gasteiger partial charge on any atom is 0.238 e. The second-order valence-corrected chi connectivity index (χ2v) is 6.98. The molecule has 0 amide bonds. The number of rotatable bonds is 3. The van der Waals surface area contributed by atoms with E-state index in [1.54, 1.807) is 12.4 Å². The molecule has 2 saturated carbocycles. The molecule has 0 spiro atoms. The molecule has 0 saturated heterocycles. The number of aromatic nitrogens is 3. The first-order valence-corrected chi connectivity index (χ1v) is 8.53. The van der Waals surface area contributed by atoms with Crippen molar-refractivity contribution in [3.63, 3.8) is 0 Å². The number of pyridine rings is 1. The van der Waals surface area contributed by atoms with Gasteiger partial charge < -0.3 is 15.4 Å². The fourth-order valence-corrected chi connectivity index (χ4v) is 4.34. The minimum Gasteiger partial charge on any atom is -0.492 e. The average Bonchev–Trinajstić information content (AvgIpc) is 3.34. The monoisotopic (exact) mass is 393 g/mol. The number of aromatic amines is 1. The number of fused-ring (bicyclic) bond motifs is 3. The number of aliphatic imine (C=N–C) groups is 1. The van der Waals surface area contributed by atoms with Gasteiger partial charge in [0, 0.05) is 29.6 Å². The Balaban J connectivity index is 0.000000980. The maximum absolute atomic E-state index is 10.2. The zero-order valence-electron chi connectivity index (χ0n) is 14.1. The van der Waals surface area contributed by atoms with Crippen LogP contribution in [-0.4, -0.2) is 32.3 Å². The summed E-state index contributed by atoms with van der Waals surface area (Å²) in [7, 11) is 0. The summed E-state index contributed by atoms with van der Waals surface area (Å²) in [5.74, 6) is 3.00. The molecule has 2 aliphatic carbocycles. The molecule has 8 heteroatoms. The summed E-state index contributed by atoms with van der Waals surface area (Å²) in [5, 5.41) is 13.6. The number of H-pyrrole nitrogens is 1. The van der Waals surface area contributed by atoms with Gasteiger partial charge in [-0.3, -0.25) is 0 Å². The minimum absolute atomic E-state index is 0. The largest absolute Gasteiger partial charge is 0.492 e. The van der Waals surface area contributed by atoms with E-state index in [1.165, 1.54) is 25.7 Å². The summed E-state index contributed by atoms with van der Waals surface area (Å²) < 4.78 is 0. The van der Waals surface area contributed by atoms with Gasteiger partial charge in [0.25, 0.3) is 0 Å². The zero-order chi connectivity index (χ0) is 16.1. The van der Waals surface area contributed by atoms with Crippen LogP contribution in [0.5, 0.6) is 5.88 Å². The number of halogens is 2. The molecule has 6 nitrogen and oxygen atoms in total. The van der Waals surface area contributed by atoms with Crippen molar-refractivity contribution in [3.05, 3.63) is 29.6 Å². The second kappa shape index (κ2) is 7.29. The van der Waals surface area contributed by atoms with Crippen LogP contribution in [0.3, 0.4) is 0 Å². The molecule has 5 rings (SSSR count).